The second-order valence-corrected chi connectivity index (χ2v) is 21.6. The third-order valence-electron chi connectivity index (χ3n) is 17.7. The lowest BCUT2D eigenvalue weighted by molar-refractivity contribution is -0.355. The molecule has 5 heterocycles. The second-order valence-electron chi connectivity index (χ2n) is 21.6. The van der Waals surface area contributed by atoms with Crippen LogP contribution >= 0.6 is 0 Å². The van der Waals surface area contributed by atoms with Gasteiger partial charge in [-0.25, -0.2) is 4.79 Å². The van der Waals surface area contributed by atoms with Gasteiger partial charge in [-0.15, -0.1) is 0 Å². The number of carbonyl (C=O) groups is 2. The van der Waals surface area contributed by atoms with Crippen LogP contribution in [0.3, 0.4) is 0 Å². The van der Waals surface area contributed by atoms with E-state index in [1.165, 1.54) is 13.0 Å². The van der Waals surface area contributed by atoms with Gasteiger partial charge in [-0.1, -0.05) is 6.92 Å². The van der Waals surface area contributed by atoms with Gasteiger partial charge >= 0.3 is 11.9 Å². The van der Waals surface area contributed by atoms with Gasteiger partial charge in [-0.05, 0) is 107 Å². The molecule has 9 rings (SSSR count). The zero-order chi connectivity index (χ0) is 48.6. The van der Waals surface area contributed by atoms with Crippen LogP contribution in [0.25, 0.3) is 0 Å². The minimum absolute atomic E-state index is 0.00122. The molecule has 25 atom stereocenters. The fraction of sp³-hybridized carbons (Fsp3) is 0.917. The van der Waals surface area contributed by atoms with Crippen molar-refractivity contribution in [2.24, 2.45) is 29.1 Å². The fourth-order valence-corrected chi connectivity index (χ4v) is 14.2. The summed E-state index contributed by atoms with van der Waals surface area (Å²) in [5.74, 6) is -0.697. The van der Waals surface area contributed by atoms with E-state index in [1.54, 1.807) is 13.8 Å². The molecule has 4 aliphatic carbocycles. The molecule has 0 aromatic rings. The highest BCUT2D eigenvalue weighted by Gasteiger charge is 2.69. The predicted molar refractivity (Wildman–Crippen MR) is 230 cm³/mol. The Hall–Kier alpha value is -1.96. The highest BCUT2D eigenvalue weighted by atomic mass is 16.8. The van der Waals surface area contributed by atoms with Crippen LogP contribution in [0.15, 0.2) is 11.6 Å². The first-order valence-corrected chi connectivity index (χ1v) is 25.0. The number of rotatable bonds is 11. The van der Waals surface area contributed by atoms with Gasteiger partial charge in [0.2, 0.25) is 0 Å². The van der Waals surface area contributed by atoms with E-state index >= 15 is 0 Å². The number of cyclic esters (lactones) is 1. The van der Waals surface area contributed by atoms with Gasteiger partial charge < -0.3 is 88.2 Å². The molecule has 0 spiro atoms. The average Bonchev–Trinajstić information content (AvgIpc) is 3.83. The topological polar surface area (TPSA) is 288 Å². The van der Waals surface area contributed by atoms with Crippen molar-refractivity contribution >= 4 is 11.9 Å². The number of hydrogen-bond acceptors (Lipinski definition) is 20. The number of aliphatic hydroxyl groups excluding tert-OH is 6. The molecule has 8 N–H and O–H groups in total. The average molecular weight is 971 g/mol. The molecule has 0 bridgehead atoms. The third kappa shape index (κ3) is 9.34. The van der Waals surface area contributed by atoms with Gasteiger partial charge in [0.15, 0.2) is 25.2 Å². The van der Waals surface area contributed by atoms with Crippen LogP contribution in [0, 0.1) is 29.1 Å². The van der Waals surface area contributed by atoms with Crippen molar-refractivity contribution in [1.29, 1.82) is 0 Å². The van der Waals surface area contributed by atoms with Crippen LogP contribution in [0.1, 0.15) is 112 Å². The maximum Gasteiger partial charge on any atom is 0.331 e. The van der Waals surface area contributed by atoms with Gasteiger partial charge in [-0.2, -0.15) is 0 Å². The van der Waals surface area contributed by atoms with Crippen LogP contribution in [0.2, 0.25) is 0 Å². The summed E-state index contributed by atoms with van der Waals surface area (Å²) >= 11 is 0. The quantitative estimate of drug-likeness (QED) is 0.103. The number of esters is 2. The molecule has 0 radical (unpaired) electrons. The highest BCUT2D eigenvalue weighted by molar-refractivity contribution is 5.85. The Kier molecular flexibility index (Phi) is 14.8. The minimum atomic E-state index is -1.68. The molecule has 20 nitrogen and oxygen atoms in total. The van der Waals surface area contributed by atoms with Crippen LogP contribution < -0.4 is 0 Å². The molecular weight excluding hydrogens is 897 g/mol. The molecule has 9 aliphatic rings. The molecule has 4 saturated heterocycles. The summed E-state index contributed by atoms with van der Waals surface area (Å²) in [6.45, 7) is 8.25. The number of fused-ring (bicyclic) bond motifs is 5. The normalized spacial score (nSPS) is 52.8. The maximum absolute atomic E-state index is 12.4. The molecule has 0 unspecified atom stereocenters. The monoisotopic (exact) mass is 970 g/mol. The predicted octanol–water partition coefficient (Wildman–Crippen LogP) is 0.367. The smallest absolute Gasteiger partial charge is 0.331 e. The molecular formula is C48H74O20. The van der Waals surface area contributed by atoms with E-state index in [0.717, 1.165) is 44.1 Å². The van der Waals surface area contributed by atoms with Gasteiger partial charge in [0.1, 0.15) is 61.0 Å². The molecule has 0 aromatic carbocycles. The Morgan fingerprint density at radius 3 is 1.91 bits per heavy atom. The Labute approximate surface area is 396 Å². The largest absolute Gasteiger partial charge is 0.459 e. The summed E-state index contributed by atoms with van der Waals surface area (Å²) in [5.41, 5.74) is -1.71. The molecule has 0 aromatic heterocycles. The van der Waals surface area contributed by atoms with Crippen LogP contribution in [-0.4, -0.2) is 188 Å². The van der Waals surface area contributed by atoms with Crippen LogP contribution in [0.5, 0.6) is 0 Å². The van der Waals surface area contributed by atoms with E-state index in [-0.39, 0.29) is 61.1 Å². The van der Waals surface area contributed by atoms with E-state index in [1.807, 2.05) is 6.92 Å². The molecule has 0 amide bonds. The van der Waals surface area contributed by atoms with Gasteiger partial charge in [0, 0.05) is 38.2 Å². The zero-order valence-corrected chi connectivity index (χ0v) is 39.7. The van der Waals surface area contributed by atoms with E-state index in [2.05, 4.69) is 6.92 Å². The first kappa shape index (κ1) is 51.0. The number of ether oxygens (including phenoxy) is 10. The summed E-state index contributed by atoms with van der Waals surface area (Å²) in [5, 5.41) is 88.0. The minimum Gasteiger partial charge on any atom is -0.459 e. The zero-order valence-electron chi connectivity index (χ0n) is 39.7. The fourth-order valence-electron chi connectivity index (χ4n) is 14.2. The Morgan fingerprint density at radius 2 is 1.31 bits per heavy atom. The van der Waals surface area contributed by atoms with Crippen molar-refractivity contribution in [2.45, 2.75) is 233 Å². The first-order chi connectivity index (χ1) is 32.2. The van der Waals surface area contributed by atoms with Crippen molar-refractivity contribution in [3.63, 3.8) is 0 Å². The first-order valence-electron chi connectivity index (χ1n) is 25.0. The van der Waals surface area contributed by atoms with Gasteiger partial charge in [0.25, 0.3) is 0 Å². The van der Waals surface area contributed by atoms with Crippen LogP contribution in [0.4, 0.5) is 0 Å². The van der Waals surface area contributed by atoms with Crippen molar-refractivity contribution < 1.29 is 97.8 Å². The van der Waals surface area contributed by atoms with Crippen molar-refractivity contribution in [3.05, 3.63) is 11.6 Å². The van der Waals surface area contributed by atoms with E-state index in [0.29, 0.717) is 25.2 Å². The molecule has 5 aliphatic heterocycles. The summed E-state index contributed by atoms with van der Waals surface area (Å²) in [6, 6.07) is 0. The van der Waals surface area contributed by atoms with Gasteiger partial charge in [0.05, 0.1) is 48.8 Å². The Bertz CT molecular complexity index is 1810. The summed E-state index contributed by atoms with van der Waals surface area (Å²) in [7, 11) is 0. The maximum atomic E-state index is 12.4. The molecule has 8 fully saturated rings. The lowest BCUT2D eigenvalue weighted by Gasteiger charge is -2.63. The SMILES string of the molecule is CC(=O)O[C@H]1C[C@H](O[C@H]2[C@@H](O)C[C@H](O[C@H]3[C@@H](O)C[C@H](O[C@H]4CC[C@@]5(C)[C@H](CC[C@@H]6[C@@H]5CC[C@]5(O)[C@@H](C7=CC(=O)OC7)CC[C@]65O)C4)O[C@@H]3C)O[C@@H]2C)O[C@H](C)[C@H]1O[C@@H]1O[C@H](CO)[C@@H](O)[C@H](O)[C@H]1O. The molecule has 4 saturated carbocycles. The molecule has 68 heavy (non-hydrogen) atoms. The van der Waals surface area contributed by atoms with Crippen molar-refractivity contribution in [3.8, 4) is 0 Å². The van der Waals surface area contributed by atoms with E-state index in [9.17, 15) is 50.4 Å². The van der Waals surface area contributed by atoms with Crippen molar-refractivity contribution in [2.75, 3.05) is 13.2 Å². The standard InChI is InChI=1S/C48H74O20/c1-21-42(66-37-17-32(52)43(22(2)61-37)67-38-18-33(63-24(4)50)44(23(3)62-38)68-45-41(56)40(55)39(54)34(19-49)65-45)31(51)16-36(60-21)64-27-8-11-46(5)26(15-27)6-7-30-29(46)10-13-47(57)28(9-12-48(30,47)58)25-14-35(53)59-20-25/h14,21-23,26-34,36-45,49,51-52,54-58H,6-13,15-20H2,1-5H3/t21-,22-,23-,26-,27+,28-,29+,30-,31+,32+,33+,34-,36+,37+,38+,39-,40+,41-,42-,43-,44-,45+,46+,47+,48+/m1/s1. The van der Waals surface area contributed by atoms with E-state index in [4.69, 9.17) is 47.4 Å². The summed E-state index contributed by atoms with van der Waals surface area (Å²) < 4.78 is 59.9. The van der Waals surface area contributed by atoms with Crippen LogP contribution in [-0.2, 0) is 57.0 Å². The second kappa shape index (κ2) is 19.8. The van der Waals surface area contributed by atoms with Crippen molar-refractivity contribution in [1.82, 2.24) is 0 Å². The Morgan fingerprint density at radius 1 is 0.691 bits per heavy atom. The van der Waals surface area contributed by atoms with Gasteiger partial charge in [-0.3, -0.25) is 4.79 Å². The lowest BCUT2D eigenvalue weighted by atomic mass is 9.45. The number of carbonyl (C=O) groups excluding carboxylic acids is 2. The molecule has 386 valence electrons. The summed E-state index contributed by atoms with van der Waals surface area (Å²) in [6.07, 6.45) is -9.79. The number of hydrogen-bond donors (Lipinski definition) is 8. The Balaban J connectivity index is 0.746. The highest BCUT2D eigenvalue weighted by Crippen LogP contribution is 2.67. The lowest BCUT2D eigenvalue weighted by Crippen LogP contribution is -2.66. The number of aliphatic hydroxyl groups is 8. The summed E-state index contributed by atoms with van der Waals surface area (Å²) in [4.78, 5) is 24.1. The third-order valence-corrected chi connectivity index (χ3v) is 17.7. The van der Waals surface area contributed by atoms with E-state index < -0.39 is 128 Å². The molecule has 20 heteroatoms.